The van der Waals surface area contributed by atoms with Gasteiger partial charge in [-0.3, -0.25) is 0 Å². The van der Waals surface area contributed by atoms with Crippen LogP contribution in [0.5, 0.6) is 5.75 Å². The van der Waals surface area contributed by atoms with Crippen molar-refractivity contribution in [2.45, 2.75) is 59.0 Å². The van der Waals surface area contributed by atoms with Gasteiger partial charge in [-0.15, -0.1) is 0 Å². The minimum absolute atomic E-state index is 0. The summed E-state index contributed by atoms with van der Waals surface area (Å²) in [5, 5.41) is 0. The molecule has 0 fully saturated rings. The van der Waals surface area contributed by atoms with Crippen molar-refractivity contribution in [2.24, 2.45) is 0 Å². The summed E-state index contributed by atoms with van der Waals surface area (Å²) in [6.45, 7) is 12.8. The summed E-state index contributed by atoms with van der Waals surface area (Å²) in [4.78, 5) is 6.47. The summed E-state index contributed by atoms with van der Waals surface area (Å²) in [7, 11) is -4.54. The van der Waals surface area contributed by atoms with Crippen LogP contribution < -0.4 is 48.4 Å². The van der Waals surface area contributed by atoms with Gasteiger partial charge in [-0.2, -0.15) is 0 Å². The van der Waals surface area contributed by atoms with Crippen LogP contribution in [0.4, 0.5) is 17.1 Å². The molecule has 0 saturated heterocycles. The number of hydrogen-bond acceptors (Lipinski definition) is 9. The van der Waals surface area contributed by atoms with E-state index in [1.807, 2.05) is 19.1 Å². The normalized spacial score (nSPS) is 12.1. The Labute approximate surface area is 346 Å². The number of anilines is 3. The fourth-order valence-corrected chi connectivity index (χ4v) is 7.39. The maximum Gasteiger partial charge on any atom is 1.00 e. The molecule has 2 unspecified atom stereocenters. The van der Waals surface area contributed by atoms with Crippen LogP contribution in [0.2, 0.25) is 0 Å². The number of benzene rings is 5. The maximum absolute atomic E-state index is 11.6. The van der Waals surface area contributed by atoms with E-state index >= 15 is 0 Å². The van der Waals surface area contributed by atoms with E-state index in [1.165, 1.54) is 23.4 Å². The first-order valence-corrected chi connectivity index (χ1v) is 19.9. The zero-order chi connectivity index (χ0) is 37.3. The monoisotopic (exact) mass is 778 g/mol. The van der Waals surface area contributed by atoms with Gasteiger partial charge in [0.2, 0.25) is 0 Å². The zero-order valence-corrected chi connectivity index (χ0v) is 34.6. The summed E-state index contributed by atoms with van der Waals surface area (Å²) in [6, 6.07) is 39.2. The second kappa shape index (κ2) is 20.8. The SMILES string of the molecule is C.CCN(CC)c1ccc(C(c2ccc(N(CC)Cc3cccc(OS(=O)[O-])c3)cc2)c2ccc(N(CC)Cc3cccc(S(=O)(=O)[O-])c3)cc2)cc1.[Na+]. The molecular weight excluding hydrogens is 730 g/mol. The van der Waals surface area contributed by atoms with Crippen molar-refractivity contribution < 1.29 is 55.5 Å². The van der Waals surface area contributed by atoms with Gasteiger partial charge in [-0.1, -0.05) is 68.1 Å². The van der Waals surface area contributed by atoms with Gasteiger partial charge in [0.15, 0.2) is 0 Å². The maximum atomic E-state index is 11.6. The van der Waals surface area contributed by atoms with Gasteiger partial charge in [0, 0.05) is 62.2 Å². The van der Waals surface area contributed by atoms with Crippen LogP contribution in [-0.2, 0) is 34.6 Å². The molecule has 12 heteroatoms. The van der Waals surface area contributed by atoms with Gasteiger partial charge in [0.1, 0.15) is 27.2 Å². The van der Waals surface area contributed by atoms with Crippen molar-refractivity contribution in [1.29, 1.82) is 0 Å². The van der Waals surface area contributed by atoms with E-state index in [2.05, 4.69) is 108 Å². The molecule has 5 rings (SSSR count). The Morgan fingerprint density at radius 3 is 1.39 bits per heavy atom. The van der Waals surface area contributed by atoms with Crippen molar-refractivity contribution in [3.8, 4) is 5.75 Å². The van der Waals surface area contributed by atoms with Crippen molar-refractivity contribution in [3.05, 3.63) is 149 Å². The van der Waals surface area contributed by atoms with Crippen LogP contribution in [0, 0.1) is 0 Å². The Balaban J connectivity index is 0.00000392. The molecule has 0 N–H and O–H groups in total. The first kappa shape index (κ1) is 44.7. The molecule has 0 aromatic heterocycles. The number of nitrogens with zero attached hydrogens (tertiary/aromatic N) is 3. The second-order valence-electron chi connectivity index (χ2n) is 12.4. The topological polar surface area (TPSA) is 116 Å². The fourth-order valence-electron chi connectivity index (χ4n) is 6.58. The molecule has 5 aromatic carbocycles. The molecule has 2 atom stereocenters. The van der Waals surface area contributed by atoms with Crippen LogP contribution in [0.15, 0.2) is 126 Å². The number of hydrogen-bond donors (Lipinski definition) is 0. The Bertz CT molecular complexity index is 2040. The molecule has 0 amide bonds. The molecule has 282 valence electrons. The van der Waals surface area contributed by atoms with E-state index in [4.69, 9.17) is 4.18 Å². The molecule has 5 aromatic rings. The smallest absolute Gasteiger partial charge is 0.744 e. The second-order valence-corrected chi connectivity index (χ2v) is 14.4. The molecule has 9 nitrogen and oxygen atoms in total. The Kier molecular flexibility index (Phi) is 17.3. The molecule has 0 aliphatic heterocycles. The molecule has 0 aliphatic rings. The zero-order valence-electron chi connectivity index (χ0n) is 31.0. The van der Waals surface area contributed by atoms with Crippen LogP contribution in [0.3, 0.4) is 0 Å². The van der Waals surface area contributed by atoms with Crippen LogP contribution >= 0.6 is 0 Å². The van der Waals surface area contributed by atoms with E-state index in [1.54, 1.807) is 24.3 Å². The molecule has 0 saturated carbocycles. The quantitative estimate of drug-likeness (QED) is 0.0524. The van der Waals surface area contributed by atoms with E-state index in [0.29, 0.717) is 19.6 Å². The van der Waals surface area contributed by atoms with Crippen LogP contribution in [-0.4, -0.2) is 47.9 Å². The van der Waals surface area contributed by atoms with Crippen LogP contribution in [0.25, 0.3) is 0 Å². The molecule has 0 spiro atoms. The Morgan fingerprint density at radius 1 is 0.611 bits per heavy atom. The van der Waals surface area contributed by atoms with Gasteiger partial charge in [-0.05, 0) is 116 Å². The summed E-state index contributed by atoms with van der Waals surface area (Å²) in [6.07, 6.45) is 0. The van der Waals surface area contributed by atoms with E-state index in [0.717, 1.165) is 53.3 Å². The molecular formula is C42H49N3NaO6S2-. The van der Waals surface area contributed by atoms with Gasteiger partial charge in [-0.25, -0.2) is 12.6 Å². The van der Waals surface area contributed by atoms with E-state index < -0.39 is 21.5 Å². The van der Waals surface area contributed by atoms with Crippen molar-refractivity contribution in [1.82, 2.24) is 0 Å². The Hall–Kier alpha value is -3.68. The third-order valence-corrected chi connectivity index (χ3v) is 10.5. The van der Waals surface area contributed by atoms with Gasteiger partial charge in [0.25, 0.3) is 0 Å². The molecule has 0 bridgehead atoms. The first-order chi connectivity index (χ1) is 25.0. The summed E-state index contributed by atoms with van der Waals surface area (Å²) >= 11 is -2.63. The van der Waals surface area contributed by atoms with Crippen molar-refractivity contribution >= 4 is 38.5 Å². The van der Waals surface area contributed by atoms with Gasteiger partial charge < -0.3 is 28.0 Å². The van der Waals surface area contributed by atoms with Crippen molar-refractivity contribution in [2.75, 3.05) is 40.9 Å². The summed E-state index contributed by atoms with van der Waals surface area (Å²) in [5.74, 6) is 0.240. The molecule has 54 heavy (non-hydrogen) atoms. The predicted molar refractivity (Wildman–Crippen MR) is 214 cm³/mol. The van der Waals surface area contributed by atoms with Crippen LogP contribution in [0.1, 0.15) is 68.9 Å². The summed E-state index contributed by atoms with van der Waals surface area (Å²) < 4.78 is 61.8. The predicted octanol–water partition coefficient (Wildman–Crippen LogP) is 5.48. The molecule has 0 radical (unpaired) electrons. The number of rotatable bonds is 17. The largest absolute Gasteiger partial charge is 1.00 e. The standard InChI is InChI=1S/C41H47N3O6S2.CH4.Na/c1-5-42(6-2)36-21-15-33(16-22-36)41(34-17-23-37(24-18-34)43(7-3)29-31-11-9-13-39(27-31)50-51(45)46)35-19-25-38(26-20-35)44(8-4)30-32-12-10-14-40(28-32)52(47,48)49;;/h9-28,41H,5-8,29-30H2,1-4H3,(H,45,46)(H,47,48,49);1H4;/q;;+1/p-2. The van der Waals surface area contributed by atoms with Crippen molar-refractivity contribution in [3.63, 3.8) is 0 Å². The summed E-state index contributed by atoms with van der Waals surface area (Å²) in [5.41, 5.74) is 8.33. The minimum atomic E-state index is -4.54. The average Bonchev–Trinajstić information content (AvgIpc) is 3.14. The van der Waals surface area contributed by atoms with E-state index in [-0.39, 0.29) is 53.5 Å². The fraction of sp³-hybridized carbons (Fsp3) is 0.286. The third kappa shape index (κ3) is 11.7. The van der Waals surface area contributed by atoms with Gasteiger partial charge >= 0.3 is 29.6 Å². The van der Waals surface area contributed by atoms with Gasteiger partial charge in [0.05, 0.1) is 4.90 Å². The third-order valence-electron chi connectivity index (χ3n) is 9.30. The minimum Gasteiger partial charge on any atom is -0.744 e. The first-order valence-electron chi connectivity index (χ1n) is 17.5. The Morgan fingerprint density at radius 2 is 1.00 bits per heavy atom. The average molecular weight is 779 g/mol. The molecule has 0 heterocycles. The van der Waals surface area contributed by atoms with E-state index in [9.17, 15) is 21.7 Å². The molecule has 0 aliphatic carbocycles.